The lowest BCUT2D eigenvalue weighted by molar-refractivity contribution is -0.141. The second-order valence-corrected chi connectivity index (χ2v) is 9.99. The number of aromatic nitrogens is 6. The number of aryl methyl sites for hydroxylation is 2. The minimum Gasteiger partial charge on any atom is -0.309 e. The fraction of sp³-hybridized carbons (Fsp3) is 0.348. The van der Waals surface area contributed by atoms with Gasteiger partial charge in [0.15, 0.2) is 11.2 Å². The molecule has 1 fully saturated rings. The number of nitrogens with one attached hydrogen (secondary N) is 1. The molecule has 0 atom stereocenters. The highest BCUT2D eigenvalue weighted by Gasteiger charge is 2.53. The molecule has 1 saturated carbocycles. The Morgan fingerprint density at radius 2 is 1.92 bits per heavy atom. The SMILES string of the molecule is CC(=O)Cn1c(=O)c2c(ncn2C2(C(=O)Nc3csc(-c4cnc(C(F)(F)F)c(C)c4)n3)CC2)n(C)c1=O. The minimum atomic E-state index is -4.57. The number of hydrogen-bond donors (Lipinski definition) is 1. The number of nitrogens with zero attached hydrogens (tertiary/aromatic N) is 6. The van der Waals surface area contributed by atoms with Crippen LogP contribution in [0.15, 0.2) is 33.6 Å². The molecule has 0 aromatic carbocycles. The zero-order chi connectivity index (χ0) is 27.6. The van der Waals surface area contributed by atoms with Gasteiger partial charge >= 0.3 is 11.9 Å². The molecule has 0 saturated heterocycles. The molecule has 1 aliphatic carbocycles. The van der Waals surface area contributed by atoms with Gasteiger partial charge in [-0.15, -0.1) is 11.3 Å². The van der Waals surface area contributed by atoms with E-state index in [2.05, 4.69) is 20.3 Å². The Balaban J connectivity index is 1.45. The summed E-state index contributed by atoms with van der Waals surface area (Å²) in [6, 6.07) is 1.33. The minimum absolute atomic E-state index is 0.0197. The highest BCUT2D eigenvalue weighted by molar-refractivity contribution is 7.13. The number of imidazole rings is 1. The van der Waals surface area contributed by atoms with E-state index in [1.165, 1.54) is 37.9 Å². The van der Waals surface area contributed by atoms with Crippen molar-refractivity contribution in [2.45, 2.75) is 44.9 Å². The third-order valence-corrected chi connectivity index (χ3v) is 7.25. The first-order valence-corrected chi connectivity index (χ1v) is 12.2. The van der Waals surface area contributed by atoms with Gasteiger partial charge in [-0.25, -0.2) is 14.8 Å². The van der Waals surface area contributed by atoms with Gasteiger partial charge in [0.1, 0.15) is 27.8 Å². The Morgan fingerprint density at radius 3 is 2.53 bits per heavy atom. The van der Waals surface area contributed by atoms with Crippen molar-refractivity contribution < 1.29 is 22.8 Å². The summed E-state index contributed by atoms with van der Waals surface area (Å²) in [4.78, 5) is 62.8. The van der Waals surface area contributed by atoms with Crippen LogP contribution in [0.25, 0.3) is 21.7 Å². The summed E-state index contributed by atoms with van der Waals surface area (Å²) in [5.74, 6) is -0.669. The Bertz CT molecular complexity index is 1740. The molecule has 0 radical (unpaired) electrons. The lowest BCUT2D eigenvalue weighted by Crippen LogP contribution is -2.42. The van der Waals surface area contributed by atoms with E-state index in [-0.39, 0.29) is 28.3 Å². The number of hydrogen-bond acceptors (Lipinski definition) is 8. The lowest BCUT2D eigenvalue weighted by Gasteiger charge is -2.17. The maximum absolute atomic E-state index is 13.4. The predicted octanol–water partition coefficient (Wildman–Crippen LogP) is 2.46. The van der Waals surface area contributed by atoms with Crippen LogP contribution in [0.2, 0.25) is 0 Å². The van der Waals surface area contributed by atoms with Gasteiger partial charge in [0, 0.05) is 24.2 Å². The van der Waals surface area contributed by atoms with Gasteiger partial charge in [0.2, 0.25) is 0 Å². The van der Waals surface area contributed by atoms with E-state index < -0.39 is 41.1 Å². The van der Waals surface area contributed by atoms with Gasteiger partial charge in [-0.1, -0.05) is 0 Å². The first-order valence-electron chi connectivity index (χ1n) is 11.3. The Labute approximate surface area is 215 Å². The third kappa shape index (κ3) is 4.12. The van der Waals surface area contributed by atoms with Crippen molar-refractivity contribution >= 4 is 40.0 Å². The fourth-order valence-corrected chi connectivity index (χ4v) is 5.07. The molecule has 11 nitrogen and oxygen atoms in total. The van der Waals surface area contributed by atoms with Gasteiger partial charge in [0.05, 0.1) is 12.9 Å². The molecule has 15 heteroatoms. The van der Waals surface area contributed by atoms with Crippen LogP contribution < -0.4 is 16.6 Å². The van der Waals surface area contributed by atoms with Crippen LogP contribution in [-0.2, 0) is 34.9 Å². The van der Waals surface area contributed by atoms with Crippen LogP contribution in [0.4, 0.5) is 19.0 Å². The molecule has 4 heterocycles. The summed E-state index contributed by atoms with van der Waals surface area (Å²) in [5, 5.41) is 4.62. The molecule has 0 spiro atoms. The van der Waals surface area contributed by atoms with Crippen molar-refractivity contribution in [3.8, 4) is 10.6 Å². The van der Waals surface area contributed by atoms with E-state index in [1.54, 1.807) is 5.38 Å². The van der Waals surface area contributed by atoms with E-state index in [9.17, 15) is 32.3 Å². The maximum Gasteiger partial charge on any atom is 0.433 e. The average Bonchev–Trinajstić information content (AvgIpc) is 3.30. The monoisotopic (exact) mass is 547 g/mol. The molecule has 4 aromatic rings. The van der Waals surface area contributed by atoms with Crippen LogP contribution in [0.5, 0.6) is 0 Å². The summed E-state index contributed by atoms with van der Waals surface area (Å²) in [6.45, 7) is 2.15. The standard InChI is InChI=1S/C23H20F3N7O4S/c1-11-6-13(7-27-16(11)23(24,25)26)18-29-14(9-38-18)30-20(36)22(4-5-22)33-10-28-17-15(33)19(35)32(8-12(2)34)21(37)31(17)3/h6-7,9-10H,4-5,8H2,1-3H3,(H,30,36). The van der Waals surface area contributed by atoms with Gasteiger partial charge in [0.25, 0.3) is 11.5 Å². The third-order valence-electron chi connectivity index (χ3n) is 6.36. The van der Waals surface area contributed by atoms with Crippen molar-refractivity contribution in [1.29, 1.82) is 0 Å². The van der Waals surface area contributed by atoms with E-state index in [0.717, 1.165) is 26.7 Å². The van der Waals surface area contributed by atoms with Crippen molar-refractivity contribution in [3.05, 3.63) is 56.1 Å². The molecule has 5 rings (SSSR count). The number of halogens is 3. The Morgan fingerprint density at radius 1 is 1.21 bits per heavy atom. The van der Waals surface area contributed by atoms with Crippen molar-refractivity contribution in [2.75, 3.05) is 5.32 Å². The van der Waals surface area contributed by atoms with Crippen LogP contribution in [0.3, 0.4) is 0 Å². The number of carbonyl (C=O) groups excluding carboxylic acids is 2. The second kappa shape index (κ2) is 8.72. The van der Waals surface area contributed by atoms with Crippen molar-refractivity contribution in [1.82, 2.24) is 28.7 Å². The number of alkyl halides is 3. The fourth-order valence-electron chi connectivity index (χ4n) is 4.34. The van der Waals surface area contributed by atoms with Gasteiger partial charge in [-0.05, 0) is 38.3 Å². The normalized spacial score (nSPS) is 14.6. The molecular weight excluding hydrogens is 527 g/mol. The zero-order valence-corrected chi connectivity index (χ0v) is 21.1. The molecule has 4 aromatic heterocycles. The second-order valence-electron chi connectivity index (χ2n) is 9.13. The summed E-state index contributed by atoms with van der Waals surface area (Å²) in [6.07, 6.45) is -1.39. The average molecular weight is 548 g/mol. The van der Waals surface area contributed by atoms with Crippen LogP contribution in [0, 0.1) is 6.92 Å². The molecule has 198 valence electrons. The molecule has 0 aliphatic heterocycles. The van der Waals surface area contributed by atoms with Gasteiger partial charge in [-0.3, -0.25) is 28.5 Å². The van der Waals surface area contributed by atoms with Crippen molar-refractivity contribution in [2.24, 2.45) is 7.05 Å². The molecule has 0 unspecified atom stereocenters. The summed E-state index contributed by atoms with van der Waals surface area (Å²) < 4.78 is 42.5. The topological polar surface area (TPSA) is 134 Å². The number of fused-ring (bicyclic) bond motifs is 1. The van der Waals surface area contributed by atoms with E-state index in [4.69, 9.17) is 0 Å². The van der Waals surface area contributed by atoms with Gasteiger partial charge < -0.3 is 9.88 Å². The summed E-state index contributed by atoms with van der Waals surface area (Å²) in [5.41, 5.74) is -3.13. The number of Topliss-reactive ketones (excluding diaryl/α,β-unsaturated/α-hetero) is 1. The Kier molecular flexibility index (Phi) is 5.85. The lowest BCUT2D eigenvalue weighted by atomic mass is 10.1. The number of anilines is 1. The van der Waals surface area contributed by atoms with Crippen LogP contribution >= 0.6 is 11.3 Å². The smallest absolute Gasteiger partial charge is 0.309 e. The first kappa shape index (κ1) is 25.5. The van der Waals surface area contributed by atoms with E-state index in [0.29, 0.717) is 23.4 Å². The number of pyridine rings is 1. The highest BCUT2D eigenvalue weighted by Crippen LogP contribution is 2.45. The Hall–Kier alpha value is -4.14. The largest absolute Gasteiger partial charge is 0.433 e. The van der Waals surface area contributed by atoms with Crippen molar-refractivity contribution in [3.63, 3.8) is 0 Å². The van der Waals surface area contributed by atoms with E-state index in [1.807, 2.05) is 0 Å². The number of ketones is 1. The number of amides is 1. The maximum atomic E-state index is 13.4. The number of rotatable bonds is 6. The molecule has 1 N–H and O–H groups in total. The van der Waals surface area contributed by atoms with Crippen LogP contribution in [0.1, 0.15) is 31.0 Å². The molecule has 38 heavy (non-hydrogen) atoms. The van der Waals surface area contributed by atoms with E-state index >= 15 is 0 Å². The van der Waals surface area contributed by atoms with Crippen LogP contribution in [-0.4, -0.2) is 40.3 Å². The summed E-state index contributed by atoms with van der Waals surface area (Å²) in [7, 11) is 1.42. The molecule has 1 aliphatic rings. The molecule has 1 amide bonds. The number of thiazole rings is 1. The highest BCUT2D eigenvalue weighted by atomic mass is 32.1. The zero-order valence-electron chi connectivity index (χ0n) is 20.3. The number of carbonyl (C=O) groups is 2. The molecule has 0 bridgehead atoms. The summed E-state index contributed by atoms with van der Waals surface area (Å²) >= 11 is 1.12. The predicted molar refractivity (Wildman–Crippen MR) is 131 cm³/mol. The molecular formula is C23H20F3N7O4S. The quantitative estimate of drug-likeness (QED) is 0.392. The first-order chi connectivity index (χ1) is 17.8. The van der Waals surface area contributed by atoms with Gasteiger partial charge in [-0.2, -0.15) is 13.2 Å².